The number of carboxylic acids is 1. The van der Waals surface area contributed by atoms with Crippen LogP contribution in [0.25, 0.3) is 97.8 Å². The van der Waals surface area contributed by atoms with E-state index in [1.54, 1.807) is 54.6 Å². The molecule has 0 aliphatic heterocycles. The maximum absolute atomic E-state index is 13.1. The quantitative estimate of drug-likeness (QED) is 0.0302. The number of rotatable bonds is 17. The Labute approximate surface area is 667 Å². The van der Waals surface area contributed by atoms with Gasteiger partial charge in [-0.1, -0.05) is 97.1 Å². The molecule has 3 amide bonds. The summed E-state index contributed by atoms with van der Waals surface area (Å²) >= 11 is 0. The molecule has 4 aromatic heterocycles. The van der Waals surface area contributed by atoms with Crippen LogP contribution in [0.2, 0.25) is 0 Å². The summed E-state index contributed by atoms with van der Waals surface area (Å²) in [4.78, 5) is 67.9. The lowest BCUT2D eigenvalue weighted by Gasteiger charge is -2.11. The average molecular weight is 1570 g/mol. The number of nitrogens with two attached hydrogens (primary N) is 3. The minimum Gasteiger partial charge on any atom is -0.477 e. The maximum Gasteiger partial charge on any atom is 0.352 e. The highest BCUT2D eigenvalue weighted by Gasteiger charge is 2.30. The number of aromatic amines is 4. The lowest BCUT2D eigenvalue weighted by atomic mass is 10.0. The van der Waals surface area contributed by atoms with Gasteiger partial charge in [-0.05, 0) is 248 Å². The lowest BCUT2D eigenvalue weighted by molar-refractivity contribution is 0.0690. The molecule has 8 aromatic carbocycles. The first-order chi connectivity index (χ1) is 54.9. The third kappa shape index (κ3) is 23.6. The number of nitrogens with one attached hydrogen (secondary N) is 7. The number of aromatic nitrogens is 4. The van der Waals surface area contributed by atoms with Crippen LogP contribution in [0.4, 0.5) is 17.6 Å². The number of carbonyl (C=O) groups excluding carboxylic acids is 3. The van der Waals surface area contributed by atoms with E-state index in [-0.39, 0.29) is 65.1 Å². The van der Waals surface area contributed by atoms with Gasteiger partial charge >= 0.3 is 5.97 Å². The summed E-state index contributed by atoms with van der Waals surface area (Å²) in [7, 11) is 2.00. The Morgan fingerprint density at radius 3 is 0.833 bits per heavy atom. The van der Waals surface area contributed by atoms with Crippen molar-refractivity contribution in [3.05, 3.63) is 263 Å². The molecule has 0 bridgehead atoms. The van der Waals surface area contributed by atoms with Crippen molar-refractivity contribution < 1.29 is 52.1 Å². The monoisotopic (exact) mass is 1570 g/mol. The van der Waals surface area contributed by atoms with Gasteiger partial charge in [-0.2, -0.15) is 0 Å². The molecule has 0 radical (unpaired) electrons. The van der Waals surface area contributed by atoms with Crippen molar-refractivity contribution in [1.29, 1.82) is 0 Å². The molecule has 0 unspecified atom stereocenters. The Kier molecular flexibility index (Phi) is 32.2. The number of hydrogen-bond donors (Lipinski definition) is 13. The van der Waals surface area contributed by atoms with Crippen LogP contribution in [0.5, 0.6) is 0 Å². The summed E-state index contributed by atoms with van der Waals surface area (Å²) in [6, 6.07) is 56.3. The Balaban J connectivity index is 0.000000166. The van der Waals surface area contributed by atoms with Gasteiger partial charge in [-0.15, -0.1) is 12.4 Å². The smallest absolute Gasteiger partial charge is 0.352 e. The first-order valence-corrected chi connectivity index (χ1v) is 38.2. The normalized spacial score (nSPS) is 18.4. The summed E-state index contributed by atoms with van der Waals surface area (Å²) in [6.07, 6.45) is 12.9. The highest BCUT2D eigenvalue weighted by atomic mass is 35.5. The van der Waals surface area contributed by atoms with Crippen LogP contribution >= 0.6 is 12.4 Å². The third-order valence-electron chi connectivity index (χ3n) is 21.5. The molecule has 4 aliphatic carbocycles. The molecule has 0 saturated heterocycles. The van der Waals surface area contributed by atoms with Crippen LogP contribution in [0, 0.1) is 71.9 Å². The minimum atomic E-state index is -0.987. The molecule has 4 heterocycles. The van der Waals surface area contributed by atoms with Gasteiger partial charge in [0.1, 0.15) is 46.0 Å². The van der Waals surface area contributed by atoms with Gasteiger partial charge in [-0.3, -0.25) is 14.4 Å². The zero-order valence-electron chi connectivity index (χ0n) is 63.8. The SMILES string of the molecule is CO.CO.Cl.NC[C@@H]1CC[C@H](CNC(=O)c2cc3ccc(-c4ccc(F)cc4)cc3[nH]2)C1.NC[C@@H]1CC[C@H](CNC(=O)c2cc3ccc(-c4ccc(F)cc4)cc3[nH]2)C1.O=C(O)c1cc2ccc(-c3ccc(F)cc3)cc2[nH]1.[C-]#[N+][C@@H]1CC[C@H](CN)C1.[C-]#[N+][C@@H]1CC[C@H](CNC(=O)c2cc3ccc(-c4ccc(F)cc4)cc3[nH]2)C1. The van der Waals surface area contributed by atoms with E-state index in [4.69, 9.17) is 45.7 Å². The van der Waals surface area contributed by atoms with Gasteiger partial charge in [0.25, 0.3) is 17.7 Å². The molecule has 596 valence electrons. The van der Waals surface area contributed by atoms with E-state index in [1.807, 2.05) is 91.0 Å². The van der Waals surface area contributed by atoms with E-state index in [0.29, 0.717) is 78.3 Å². The number of carboxylic acid groups (broad SMARTS) is 1. The van der Waals surface area contributed by atoms with E-state index in [0.717, 1.165) is 193 Å². The van der Waals surface area contributed by atoms with Gasteiger partial charge in [0.15, 0.2) is 0 Å². The number of aliphatic hydroxyl groups is 2. The molecule has 8 atom stereocenters. The molecule has 114 heavy (non-hydrogen) atoms. The first-order valence-electron chi connectivity index (χ1n) is 38.2. The molecule has 0 spiro atoms. The van der Waals surface area contributed by atoms with Crippen LogP contribution in [0.3, 0.4) is 0 Å². The number of hydrogen-bond acceptors (Lipinski definition) is 9. The molecule has 4 fully saturated rings. The summed E-state index contributed by atoms with van der Waals surface area (Å²) in [5.41, 5.74) is 29.7. The summed E-state index contributed by atoms with van der Waals surface area (Å²) in [5, 5.41) is 35.8. The van der Waals surface area contributed by atoms with E-state index in [1.165, 1.54) is 55.0 Å². The van der Waals surface area contributed by atoms with Crippen molar-refractivity contribution >= 4 is 79.7 Å². The third-order valence-corrected chi connectivity index (χ3v) is 21.5. The second kappa shape index (κ2) is 42.5. The van der Waals surface area contributed by atoms with Crippen molar-refractivity contribution in [2.75, 3.05) is 53.5 Å². The predicted octanol–water partition coefficient (Wildman–Crippen LogP) is 17.3. The molecule has 16 rings (SSSR count). The number of benzene rings is 8. The van der Waals surface area contributed by atoms with Gasteiger partial charge < -0.3 is 78.1 Å². The molecular weight excluding hydrogens is 1470 g/mol. The molecule has 12 aromatic rings. The van der Waals surface area contributed by atoms with Crippen LogP contribution < -0.4 is 33.2 Å². The number of halogens is 5. The number of fused-ring (bicyclic) bond motifs is 4. The zero-order valence-corrected chi connectivity index (χ0v) is 64.7. The molecular formula is C90H99ClF4N12O7. The van der Waals surface area contributed by atoms with Crippen molar-refractivity contribution in [3.63, 3.8) is 0 Å². The summed E-state index contributed by atoms with van der Waals surface area (Å²) < 4.78 is 52.2. The van der Waals surface area contributed by atoms with E-state index >= 15 is 0 Å². The van der Waals surface area contributed by atoms with Gasteiger partial charge in [0.2, 0.25) is 12.1 Å². The first kappa shape index (κ1) is 86.6. The number of nitrogens with zero attached hydrogens (tertiary/aromatic N) is 2. The van der Waals surface area contributed by atoms with E-state index in [2.05, 4.69) is 45.6 Å². The molecule has 16 N–H and O–H groups in total. The largest absolute Gasteiger partial charge is 0.477 e. The van der Waals surface area contributed by atoms with Crippen molar-refractivity contribution in [3.8, 4) is 44.5 Å². The maximum atomic E-state index is 13.1. The molecule has 4 saturated carbocycles. The summed E-state index contributed by atoms with van der Waals surface area (Å²) in [5.74, 6) is 0.978. The second-order valence-electron chi connectivity index (χ2n) is 29.1. The number of H-pyrrole nitrogens is 4. The van der Waals surface area contributed by atoms with Gasteiger partial charge in [0, 0.05) is 103 Å². The van der Waals surface area contributed by atoms with Gasteiger partial charge in [0.05, 0.1) is 0 Å². The minimum absolute atomic E-state index is 0. The van der Waals surface area contributed by atoms with E-state index in [9.17, 15) is 36.7 Å². The van der Waals surface area contributed by atoms with Crippen molar-refractivity contribution in [2.45, 2.75) is 89.1 Å². The Morgan fingerprint density at radius 1 is 0.351 bits per heavy atom. The van der Waals surface area contributed by atoms with Crippen LogP contribution in [-0.4, -0.2) is 125 Å². The number of carbonyl (C=O) groups is 4. The highest BCUT2D eigenvalue weighted by Crippen LogP contribution is 2.34. The Hall–Kier alpha value is -11.4. The standard InChI is InChI=1S/C22H20FN3O.2C22H24FN3O.C15H10FNO2.C7H12N2.2CH4O.ClH/c1-24-19-9-2-14(10-19)13-25-22(27)21-12-17-4-3-16(11-20(17)26-21)15-5-7-18(23)8-6-15;2*23-19-7-5-16(6-8-19)17-3-4-18-11-21(26-20(18)10-17)22(27)25-13-15-2-1-14(9-15)12-24;16-12-5-3-9(4-6-12)10-1-2-11-8-14(15(18)19)17-13(11)7-10;1-9-7-3-2-6(4-7)5-8;2*1-2;/h3-8,11-12,14,19,26H,2,9-10,13H2,(H,25,27);2*3-8,10-11,14-15,26H,1-2,9,12-13,24H2,(H,25,27);1-8,17H,(H,18,19);6-7H,2-5,8H2;2*2H,1H3;1H/t14-,19+;2*14-,15+;;6-,7+;;;/m011.0.../s1. The zero-order chi connectivity index (χ0) is 80.5. The molecule has 24 heteroatoms. The van der Waals surface area contributed by atoms with Crippen LogP contribution in [-0.2, 0) is 0 Å². The van der Waals surface area contributed by atoms with E-state index < -0.39 is 5.97 Å². The predicted molar refractivity (Wildman–Crippen MR) is 447 cm³/mol. The second-order valence-corrected chi connectivity index (χ2v) is 29.1. The Morgan fingerprint density at radius 2 is 0.579 bits per heavy atom. The fourth-order valence-corrected chi connectivity index (χ4v) is 15.2. The topological polar surface area (TPSA) is 315 Å². The summed E-state index contributed by atoms with van der Waals surface area (Å²) in [6.45, 7) is 18.1. The molecule has 4 aliphatic rings. The van der Waals surface area contributed by atoms with Crippen LogP contribution in [0.1, 0.15) is 119 Å². The Bertz CT molecular complexity index is 5070. The molecule has 19 nitrogen and oxygen atoms in total. The fourth-order valence-electron chi connectivity index (χ4n) is 15.2. The highest BCUT2D eigenvalue weighted by molar-refractivity contribution is 6.01. The number of amides is 3. The fraction of sp³-hybridized carbons (Fsp3) is 0.311. The number of aliphatic hydroxyl groups excluding tert-OH is 2. The lowest BCUT2D eigenvalue weighted by Crippen LogP contribution is -2.28. The van der Waals surface area contributed by atoms with Crippen molar-refractivity contribution in [2.24, 2.45) is 52.7 Å². The average Bonchev–Trinajstić information content (AvgIpc) is 1.63. The van der Waals surface area contributed by atoms with Crippen molar-refractivity contribution in [1.82, 2.24) is 35.9 Å². The number of aromatic carboxylic acids is 1. The van der Waals surface area contributed by atoms with Gasteiger partial charge in [-0.25, -0.2) is 35.5 Å². The van der Waals surface area contributed by atoms with Crippen LogP contribution in [0.15, 0.2) is 194 Å².